The van der Waals surface area contributed by atoms with Gasteiger partial charge in [0.1, 0.15) is 19.3 Å². The maximum Gasteiger partial charge on any atom is 0.472 e. The number of ether oxygens (including phenoxy) is 4. The fourth-order valence-corrected chi connectivity index (χ4v) is 14.4. The molecular weight excluding hydrogens is 1330 g/mol. The summed E-state index contributed by atoms with van der Waals surface area (Å²) in [5, 5.41) is 10.6. The Balaban J connectivity index is 5.19. The molecule has 606 valence electrons. The minimum absolute atomic E-state index is 0.106. The Morgan fingerprint density at radius 2 is 0.500 bits per heavy atom. The minimum Gasteiger partial charge on any atom is -0.462 e. The van der Waals surface area contributed by atoms with Crippen molar-refractivity contribution in [3.63, 3.8) is 0 Å². The zero-order valence-electron chi connectivity index (χ0n) is 67.1. The monoisotopic (exact) mass is 1490 g/mol. The third-order valence-electron chi connectivity index (χ3n) is 19.7. The lowest BCUT2D eigenvalue weighted by Gasteiger charge is -2.21. The summed E-state index contributed by atoms with van der Waals surface area (Å²) in [5.74, 6) is 0.253. The van der Waals surface area contributed by atoms with Crippen LogP contribution in [-0.2, 0) is 65.4 Å². The molecule has 6 atom stereocenters. The quantitative estimate of drug-likeness (QED) is 0.0222. The van der Waals surface area contributed by atoms with Crippen molar-refractivity contribution in [1.82, 2.24) is 0 Å². The number of rotatable bonds is 81. The van der Waals surface area contributed by atoms with E-state index in [4.69, 9.17) is 37.0 Å². The Kier molecular flexibility index (Phi) is 71.8. The van der Waals surface area contributed by atoms with Gasteiger partial charge in [0.2, 0.25) is 0 Å². The lowest BCUT2D eigenvalue weighted by molar-refractivity contribution is -0.161. The Hall–Kier alpha value is -1.94. The Morgan fingerprint density at radius 3 is 0.745 bits per heavy atom. The number of esters is 4. The van der Waals surface area contributed by atoms with Gasteiger partial charge in [0.05, 0.1) is 26.4 Å². The first-order valence-electron chi connectivity index (χ1n) is 42.9. The van der Waals surface area contributed by atoms with Gasteiger partial charge in [0, 0.05) is 25.7 Å². The zero-order chi connectivity index (χ0) is 75.1. The maximum atomic E-state index is 13.1. The Bertz CT molecular complexity index is 1980. The summed E-state index contributed by atoms with van der Waals surface area (Å²) in [7, 11) is -9.92. The van der Waals surface area contributed by atoms with Crippen molar-refractivity contribution in [3.05, 3.63) is 0 Å². The first-order chi connectivity index (χ1) is 49.3. The number of carbonyl (C=O) groups excluding carboxylic acids is 4. The molecule has 0 aromatic heterocycles. The van der Waals surface area contributed by atoms with Crippen molar-refractivity contribution in [3.8, 4) is 0 Å². The molecule has 0 aromatic rings. The third kappa shape index (κ3) is 74.9. The van der Waals surface area contributed by atoms with Crippen LogP contribution in [0.4, 0.5) is 0 Å². The number of phosphoric ester groups is 2. The molecule has 0 bridgehead atoms. The van der Waals surface area contributed by atoms with Crippen molar-refractivity contribution in [2.75, 3.05) is 39.6 Å². The molecule has 0 amide bonds. The van der Waals surface area contributed by atoms with E-state index in [1.807, 2.05) is 0 Å². The molecule has 0 aromatic carbocycles. The summed E-state index contributed by atoms with van der Waals surface area (Å²) in [6.45, 7) is 12.0. The predicted molar refractivity (Wildman–Crippen MR) is 418 cm³/mol. The number of carbonyl (C=O) groups is 4. The van der Waals surface area contributed by atoms with Crippen LogP contribution in [-0.4, -0.2) is 96.7 Å². The van der Waals surface area contributed by atoms with Gasteiger partial charge in [-0.3, -0.25) is 37.3 Å². The van der Waals surface area contributed by atoms with Crippen LogP contribution in [0.3, 0.4) is 0 Å². The highest BCUT2D eigenvalue weighted by molar-refractivity contribution is 7.47. The molecule has 0 saturated carbocycles. The normalized spacial score (nSPS) is 14.2. The summed E-state index contributed by atoms with van der Waals surface area (Å²) in [6.07, 6.45) is 62.6. The van der Waals surface area contributed by atoms with Crippen molar-refractivity contribution in [2.24, 2.45) is 17.8 Å². The van der Waals surface area contributed by atoms with E-state index >= 15 is 0 Å². The second-order valence-electron chi connectivity index (χ2n) is 31.1. The lowest BCUT2D eigenvalue weighted by atomic mass is 9.99. The van der Waals surface area contributed by atoms with E-state index in [0.717, 1.165) is 108 Å². The van der Waals surface area contributed by atoms with Crippen molar-refractivity contribution in [1.29, 1.82) is 0 Å². The largest absolute Gasteiger partial charge is 0.472 e. The molecule has 102 heavy (non-hydrogen) atoms. The zero-order valence-corrected chi connectivity index (χ0v) is 68.9. The highest BCUT2D eigenvalue weighted by Crippen LogP contribution is 2.45. The summed E-state index contributed by atoms with van der Waals surface area (Å²) in [6, 6.07) is 0. The third-order valence-corrected chi connectivity index (χ3v) is 21.6. The lowest BCUT2D eigenvalue weighted by Crippen LogP contribution is -2.30. The smallest absolute Gasteiger partial charge is 0.462 e. The number of phosphoric acid groups is 2. The molecule has 0 saturated heterocycles. The minimum atomic E-state index is -4.96. The molecule has 0 fully saturated rings. The number of aliphatic hydroxyl groups excluding tert-OH is 1. The number of hydrogen-bond acceptors (Lipinski definition) is 15. The molecular formula is C83H162O17P2. The van der Waals surface area contributed by atoms with Gasteiger partial charge >= 0.3 is 39.5 Å². The molecule has 17 nitrogen and oxygen atoms in total. The van der Waals surface area contributed by atoms with Crippen LogP contribution in [0.2, 0.25) is 0 Å². The molecule has 0 spiro atoms. The van der Waals surface area contributed by atoms with Crippen LogP contribution in [0.1, 0.15) is 434 Å². The van der Waals surface area contributed by atoms with Crippen molar-refractivity contribution in [2.45, 2.75) is 452 Å². The van der Waals surface area contributed by atoms with Crippen LogP contribution in [0.15, 0.2) is 0 Å². The van der Waals surface area contributed by atoms with E-state index in [0.29, 0.717) is 31.6 Å². The van der Waals surface area contributed by atoms with Gasteiger partial charge < -0.3 is 33.8 Å². The summed E-state index contributed by atoms with van der Waals surface area (Å²) < 4.78 is 68.7. The van der Waals surface area contributed by atoms with Gasteiger partial charge in [-0.1, -0.05) is 382 Å². The van der Waals surface area contributed by atoms with Crippen LogP contribution >= 0.6 is 15.6 Å². The van der Waals surface area contributed by atoms with Gasteiger partial charge in [-0.2, -0.15) is 0 Å². The molecule has 0 rings (SSSR count). The highest BCUT2D eigenvalue weighted by atomic mass is 31.2. The number of hydrogen-bond donors (Lipinski definition) is 3. The van der Waals surface area contributed by atoms with E-state index in [9.17, 15) is 43.2 Å². The molecule has 3 N–H and O–H groups in total. The van der Waals surface area contributed by atoms with Crippen LogP contribution < -0.4 is 0 Å². The maximum absolute atomic E-state index is 13.1. The molecule has 0 aliphatic carbocycles. The van der Waals surface area contributed by atoms with E-state index < -0.39 is 97.5 Å². The van der Waals surface area contributed by atoms with E-state index in [1.165, 1.54) is 238 Å². The first kappa shape index (κ1) is 100. The van der Waals surface area contributed by atoms with Crippen LogP contribution in [0.25, 0.3) is 0 Å². The van der Waals surface area contributed by atoms with Gasteiger partial charge in [-0.15, -0.1) is 0 Å². The molecule has 0 aliphatic heterocycles. The second-order valence-corrected chi connectivity index (χ2v) is 34.0. The molecule has 0 heterocycles. The van der Waals surface area contributed by atoms with Gasteiger partial charge in [0.15, 0.2) is 12.2 Å². The molecule has 3 unspecified atom stereocenters. The second kappa shape index (κ2) is 73.2. The average molecular weight is 1490 g/mol. The number of unbranched alkanes of at least 4 members (excludes halogenated alkanes) is 48. The summed E-state index contributed by atoms with van der Waals surface area (Å²) >= 11 is 0. The van der Waals surface area contributed by atoms with Gasteiger partial charge in [0.25, 0.3) is 0 Å². The molecule has 0 radical (unpaired) electrons. The van der Waals surface area contributed by atoms with Crippen LogP contribution in [0.5, 0.6) is 0 Å². The van der Waals surface area contributed by atoms with Gasteiger partial charge in [-0.05, 0) is 43.4 Å². The van der Waals surface area contributed by atoms with Crippen molar-refractivity contribution >= 4 is 39.5 Å². The molecule has 19 heteroatoms. The summed E-state index contributed by atoms with van der Waals surface area (Å²) in [5.41, 5.74) is 0. The van der Waals surface area contributed by atoms with E-state index in [1.54, 1.807) is 0 Å². The van der Waals surface area contributed by atoms with E-state index in [-0.39, 0.29) is 25.7 Å². The van der Waals surface area contributed by atoms with E-state index in [2.05, 4.69) is 48.5 Å². The Labute approximate surface area is 626 Å². The predicted octanol–water partition coefficient (Wildman–Crippen LogP) is 24.9. The fraction of sp³-hybridized carbons (Fsp3) is 0.952. The standard InChI is InChI=1S/C83H162O17P2/c1-8-10-11-12-13-14-15-32-38-43-52-59-66-82(87)100-79(71-94-81(86)65-58-51-46-45-48-55-62-75(5)6)73-98-102(91,92)96-69-77(84)68-95-101(89,90)97-72-78(70-93-80(85)64-57-50-42-37-33-28-24-21-20-22-26-30-35-40-47-54-61-74(3)4)99-83(88)67-60-53-44-39-34-29-25-19-17-16-18-23-27-31-36-41-49-56-63-76(7)9-2/h74-79,84H,8-73H2,1-7H3,(H,89,90)(H,91,92)/t76?,77-,78-,79-/m1/s1. The SMILES string of the molecule is CCCCCCCCCCCCCCC(=O)O[C@H](COC(=O)CCCCCCCCC(C)C)COP(=O)(O)OC[C@H](O)COP(=O)(O)OC[C@@H](COC(=O)CCCCCCCCCCCCCCCCCCC(C)C)OC(=O)CCCCCCCCCCCCCCCCCCCCC(C)CC. The van der Waals surface area contributed by atoms with Crippen LogP contribution in [0, 0.1) is 17.8 Å². The molecule has 0 aliphatic rings. The number of aliphatic hydroxyl groups is 1. The Morgan fingerprint density at radius 1 is 0.284 bits per heavy atom. The topological polar surface area (TPSA) is 237 Å². The fourth-order valence-electron chi connectivity index (χ4n) is 12.8. The van der Waals surface area contributed by atoms with Gasteiger partial charge in [-0.25, -0.2) is 9.13 Å². The first-order valence-corrected chi connectivity index (χ1v) is 45.9. The summed E-state index contributed by atoms with van der Waals surface area (Å²) in [4.78, 5) is 73.0. The average Bonchev–Trinajstić information content (AvgIpc) is 0.912. The van der Waals surface area contributed by atoms with Crippen molar-refractivity contribution < 1.29 is 80.2 Å². The highest BCUT2D eigenvalue weighted by Gasteiger charge is 2.30.